The first-order chi connectivity index (χ1) is 22.3. The summed E-state index contributed by atoms with van der Waals surface area (Å²) in [7, 11) is 9.24. The van der Waals surface area contributed by atoms with E-state index in [0.29, 0.717) is 29.2 Å². The van der Waals surface area contributed by atoms with Crippen molar-refractivity contribution >= 4 is 28.9 Å². The lowest BCUT2D eigenvalue weighted by Crippen LogP contribution is -2.58. The predicted molar refractivity (Wildman–Crippen MR) is 170 cm³/mol. The lowest BCUT2D eigenvalue weighted by atomic mass is 9.63. The van der Waals surface area contributed by atoms with E-state index < -0.39 is 24.1 Å². The van der Waals surface area contributed by atoms with E-state index in [9.17, 15) is 9.59 Å². The normalized spacial score (nSPS) is 25.7. The number of fused-ring (bicyclic) bond motifs is 6. The van der Waals surface area contributed by atoms with E-state index in [4.69, 9.17) is 33.2 Å². The molecule has 2 aromatic carbocycles. The van der Waals surface area contributed by atoms with Gasteiger partial charge >= 0.3 is 11.9 Å². The second kappa shape index (κ2) is 13.3. The Morgan fingerprint density at radius 3 is 2.35 bits per heavy atom. The first kappa shape index (κ1) is 31.7. The Bertz CT molecular complexity index is 1610. The van der Waals surface area contributed by atoms with Gasteiger partial charge in [0.15, 0.2) is 11.5 Å². The number of benzene rings is 2. The molecule has 6 rings (SSSR count). The molecule has 1 saturated carbocycles. The number of carbonyl (C=O) groups is 2. The van der Waals surface area contributed by atoms with Gasteiger partial charge in [-0.3, -0.25) is 9.69 Å². The van der Waals surface area contributed by atoms with Crippen molar-refractivity contribution in [2.24, 2.45) is 17.8 Å². The number of rotatable bonds is 9. The average molecular weight is 635 g/mol. The topological polar surface area (TPSA) is 118 Å². The number of nitrogens with zero attached hydrogens (tertiary/aromatic N) is 1. The first-order valence-corrected chi connectivity index (χ1v) is 15.6. The van der Waals surface area contributed by atoms with Crippen LogP contribution in [0.3, 0.4) is 0 Å². The minimum atomic E-state index is -0.645. The minimum Gasteiger partial charge on any atom is -0.497 e. The molecule has 0 radical (unpaired) electrons. The number of methoxy groups -OCH3 is 6. The van der Waals surface area contributed by atoms with Crippen molar-refractivity contribution in [2.45, 2.75) is 37.5 Å². The summed E-state index contributed by atoms with van der Waals surface area (Å²) in [5.41, 5.74) is 4.26. The summed E-state index contributed by atoms with van der Waals surface area (Å²) in [5, 5.41) is 1.21. The van der Waals surface area contributed by atoms with Gasteiger partial charge in [0.2, 0.25) is 5.75 Å². The average Bonchev–Trinajstić information content (AvgIpc) is 3.46. The number of piperidine rings is 1. The lowest BCUT2D eigenvalue weighted by Gasteiger charge is -2.52. The van der Waals surface area contributed by atoms with Crippen molar-refractivity contribution in [1.82, 2.24) is 9.88 Å². The Balaban J connectivity index is 1.23. The number of aromatic nitrogens is 1. The fraction of sp³-hybridized carbons (Fsp3) is 0.486. The Morgan fingerprint density at radius 1 is 0.935 bits per heavy atom. The van der Waals surface area contributed by atoms with Gasteiger partial charge in [-0.05, 0) is 72.6 Å². The highest BCUT2D eigenvalue weighted by atomic mass is 16.6. The van der Waals surface area contributed by atoms with Crippen LogP contribution in [0.25, 0.3) is 17.0 Å². The molecule has 2 aliphatic heterocycles. The Morgan fingerprint density at radius 2 is 1.70 bits per heavy atom. The van der Waals surface area contributed by atoms with Gasteiger partial charge in [0.25, 0.3) is 0 Å². The minimum absolute atomic E-state index is 0.00438. The van der Waals surface area contributed by atoms with Crippen LogP contribution < -0.4 is 18.9 Å². The summed E-state index contributed by atoms with van der Waals surface area (Å²) in [4.78, 5) is 32.8. The molecule has 11 nitrogen and oxygen atoms in total. The van der Waals surface area contributed by atoms with E-state index in [1.807, 2.05) is 12.1 Å². The van der Waals surface area contributed by atoms with Gasteiger partial charge in [-0.25, -0.2) is 4.79 Å². The quantitative estimate of drug-likeness (QED) is 0.265. The molecule has 0 bridgehead atoms. The summed E-state index contributed by atoms with van der Waals surface area (Å²) in [6.07, 6.45) is 4.01. The molecule has 3 aliphatic rings. The van der Waals surface area contributed by atoms with Crippen LogP contribution in [0.1, 0.15) is 35.7 Å². The van der Waals surface area contributed by atoms with Crippen LogP contribution in [0.2, 0.25) is 0 Å². The SMILES string of the molecule is COC(=O)[C@@H]1[C@H]2C[C@H]3c4[nH]c5cc(OC)ccc5c4CCN3C[C@H]2C[C@H](OC(=O)C=Cc2cc(OC)c(OC)c(OC)c2)[C@H]1OC. The number of H-pyrrole nitrogens is 1. The van der Waals surface area contributed by atoms with Gasteiger partial charge in [0.1, 0.15) is 18.0 Å². The molecule has 246 valence electrons. The monoisotopic (exact) mass is 634 g/mol. The van der Waals surface area contributed by atoms with Crippen molar-refractivity contribution in [3.63, 3.8) is 0 Å². The van der Waals surface area contributed by atoms with Crippen LogP contribution in [0.4, 0.5) is 0 Å². The third kappa shape index (κ3) is 5.66. The molecule has 2 fully saturated rings. The molecule has 1 N–H and O–H groups in total. The van der Waals surface area contributed by atoms with Crippen molar-refractivity contribution in [3.05, 3.63) is 53.2 Å². The summed E-state index contributed by atoms with van der Waals surface area (Å²) in [5.74, 6) is 0.873. The third-order valence-electron chi connectivity index (χ3n) is 9.97. The van der Waals surface area contributed by atoms with E-state index in [0.717, 1.165) is 37.2 Å². The smallest absolute Gasteiger partial charge is 0.331 e. The van der Waals surface area contributed by atoms with Crippen molar-refractivity contribution < 1.29 is 42.7 Å². The molecule has 11 heteroatoms. The number of aromatic amines is 1. The molecule has 0 amide bonds. The standard InChI is InChI=1S/C35H42N2O9/c1-40-21-8-9-22-23-11-12-37-18-20-15-29(46-30(38)10-7-19-13-27(41-2)33(43-4)28(14-19)42-3)34(44-5)31(35(39)45-6)24(20)17-26(37)32(23)36-25(22)16-21/h7-10,13-14,16,20,24,26,29,31,34,36H,11-12,15,17-18H2,1-6H3/t20-,24+,26+,29+,31-,34-/m1/s1. The zero-order chi connectivity index (χ0) is 32.5. The summed E-state index contributed by atoms with van der Waals surface area (Å²) < 4.78 is 39.0. The Kier molecular flexibility index (Phi) is 9.15. The van der Waals surface area contributed by atoms with Crippen LogP contribution >= 0.6 is 0 Å². The highest BCUT2D eigenvalue weighted by Gasteiger charge is 2.54. The fourth-order valence-electron chi connectivity index (χ4n) is 7.91. The fourth-order valence-corrected chi connectivity index (χ4v) is 7.91. The maximum atomic E-state index is 13.4. The second-order valence-electron chi connectivity index (χ2n) is 12.1. The van der Waals surface area contributed by atoms with Crippen molar-refractivity contribution in [3.8, 4) is 23.0 Å². The third-order valence-corrected chi connectivity index (χ3v) is 9.97. The molecule has 1 aromatic heterocycles. The van der Waals surface area contributed by atoms with Crippen LogP contribution in [0, 0.1) is 17.8 Å². The molecule has 46 heavy (non-hydrogen) atoms. The molecule has 1 saturated heterocycles. The summed E-state index contributed by atoms with van der Waals surface area (Å²) in [6, 6.07) is 9.78. The number of hydrogen-bond acceptors (Lipinski definition) is 10. The largest absolute Gasteiger partial charge is 0.497 e. The van der Waals surface area contributed by atoms with Gasteiger partial charge in [0.05, 0.1) is 47.5 Å². The molecule has 3 aromatic rings. The molecular formula is C35H42N2O9. The molecule has 6 atom stereocenters. The lowest BCUT2D eigenvalue weighted by molar-refractivity contribution is -0.187. The summed E-state index contributed by atoms with van der Waals surface area (Å²) in [6.45, 7) is 1.70. The maximum Gasteiger partial charge on any atom is 0.331 e. The summed E-state index contributed by atoms with van der Waals surface area (Å²) >= 11 is 0. The molecule has 0 unspecified atom stereocenters. The van der Waals surface area contributed by atoms with E-state index in [1.165, 1.54) is 51.2 Å². The number of hydrogen-bond donors (Lipinski definition) is 1. The van der Waals surface area contributed by atoms with E-state index >= 15 is 0 Å². The van der Waals surface area contributed by atoms with Gasteiger partial charge < -0.3 is 38.1 Å². The van der Waals surface area contributed by atoms with Crippen LogP contribution in [0.15, 0.2) is 36.4 Å². The zero-order valence-electron chi connectivity index (χ0n) is 27.2. The van der Waals surface area contributed by atoms with Crippen LogP contribution in [0.5, 0.6) is 23.0 Å². The van der Waals surface area contributed by atoms with E-state index in [-0.39, 0.29) is 23.8 Å². The molecular weight excluding hydrogens is 592 g/mol. The van der Waals surface area contributed by atoms with Gasteiger partial charge in [-0.15, -0.1) is 0 Å². The Hall–Kier alpha value is -4.22. The highest BCUT2D eigenvalue weighted by Crippen LogP contribution is 2.50. The first-order valence-electron chi connectivity index (χ1n) is 15.6. The molecule has 0 spiro atoms. The predicted octanol–water partition coefficient (Wildman–Crippen LogP) is 4.57. The number of nitrogens with one attached hydrogen (secondary N) is 1. The van der Waals surface area contributed by atoms with E-state index in [1.54, 1.807) is 32.4 Å². The van der Waals surface area contributed by atoms with Crippen molar-refractivity contribution in [1.29, 1.82) is 0 Å². The zero-order valence-corrected chi connectivity index (χ0v) is 27.2. The van der Waals surface area contributed by atoms with Crippen molar-refractivity contribution in [2.75, 3.05) is 55.7 Å². The van der Waals surface area contributed by atoms with Crippen LogP contribution in [-0.4, -0.2) is 89.8 Å². The molecule has 1 aliphatic carbocycles. The number of ether oxygens (including phenoxy) is 7. The maximum absolute atomic E-state index is 13.4. The number of carbonyl (C=O) groups excluding carboxylic acids is 2. The van der Waals surface area contributed by atoms with Crippen LogP contribution in [-0.2, 0) is 30.2 Å². The van der Waals surface area contributed by atoms with Gasteiger partial charge in [-0.1, -0.05) is 0 Å². The number of esters is 2. The van der Waals surface area contributed by atoms with E-state index in [2.05, 4.69) is 16.0 Å². The Labute approximate surface area is 268 Å². The second-order valence-corrected chi connectivity index (χ2v) is 12.1. The van der Waals surface area contributed by atoms with Gasteiger partial charge in [0, 0.05) is 48.9 Å². The molecule has 3 heterocycles. The van der Waals surface area contributed by atoms with Gasteiger partial charge in [-0.2, -0.15) is 0 Å². The highest BCUT2D eigenvalue weighted by molar-refractivity contribution is 5.88.